The van der Waals surface area contributed by atoms with E-state index in [1.54, 1.807) is 22.5 Å². The molecular formula is C44H52F3N11O6. The Morgan fingerprint density at radius 2 is 1.83 bits per heavy atom. The Hall–Kier alpha value is -5.60. The second kappa shape index (κ2) is 17.4. The van der Waals surface area contributed by atoms with Crippen molar-refractivity contribution >= 4 is 45.9 Å². The highest BCUT2D eigenvalue weighted by Crippen LogP contribution is 2.43. The van der Waals surface area contributed by atoms with Crippen molar-refractivity contribution in [3.05, 3.63) is 70.2 Å². The molecule has 2 N–H and O–H groups in total. The number of amides is 3. The van der Waals surface area contributed by atoms with Crippen molar-refractivity contribution in [3.8, 4) is 0 Å². The highest BCUT2D eigenvalue weighted by molar-refractivity contribution is 6.08. The van der Waals surface area contributed by atoms with Gasteiger partial charge in [0, 0.05) is 58.6 Å². The maximum absolute atomic E-state index is 15.7. The molecule has 4 aromatic heterocycles. The Balaban J connectivity index is 0.704. The molecule has 0 bridgehead atoms. The number of carbonyl (C=O) groups excluding carboxylic acids is 3. The third kappa shape index (κ3) is 8.08. The lowest BCUT2D eigenvalue weighted by molar-refractivity contribution is -0.135. The van der Waals surface area contributed by atoms with Crippen LogP contribution < -0.4 is 21.2 Å². The summed E-state index contributed by atoms with van der Waals surface area (Å²) in [4.78, 5) is 60.2. The van der Waals surface area contributed by atoms with Gasteiger partial charge in [-0.05, 0) is 80.9 Å². The molecule has 1 unspecified atom stereocenters. The highest BCUT2D eigenvalue weighted by Gasteiger charge is 2.40. The van der Waals surface area contributed by atoms with Gasteiger partial charge in [0.1, 0.15) is 23.6 Å². The van der Waals surface area contributed by atoms with Crippen LogP contribution in [0.2, 0.25) is 0 Å². The van der Waals surface area contributed by atoms with Gasteiger partial charge in [0.15, 0.2) is 11.3 Å². The summed E-state index contributed by atoms with van der Waals surface area (Å²) in [6.07, 6.45) is 5.48. The molecule has 5 aromatic rings. The molecule has 5 aliphatic rings. The summed E-state index contributed by atoms with van der Waals surface area (Å²) >= 11 is 0. The zero-order chi connectivity index (χ0) is 44.2. The smallest absolute Gasteiger partial charge is 0.329 e. The summed E-state index contributed by atoms with van der Waals surface area (Å²) in [5.74, 6) is -0.288. The third-order valence-electron chi connectivity index (χ3n) is 14.0. The number of nitrogens with one attached hydrogen (secondary N) is 2. The molecule has 1 aromatic carbocycles. The summed E-state index contributed by atoms with van der Waals surface area (Å²) in [7, 11) is 1.70. The molecule has 3 atom stereocenters. The molecule has 20 heteroatoms. The number of benzene rings is 1. The molecule has 3 saturated heterocycles. The van der Waals surface area contributed by atoms with Crippen LogP contribution >= 0.6 is 0 Å². The zero-order valence-corrected chi connectivity index (χ0v) is 35.6. The van der Waals surface area contributed by atoms with Crippen LogP contribution in [0.3, 0.4) is 0 Å². The predicted octanol–water partition coefficient (Wildman–Crippen LogP) is 4.69. The summed E-state index contributed by atoms with van der Waals surface area (Å²) in [6.45, 7) is 4.21. The third-order valence-corrected chi connectivity index (χ3v) is 14.0. The van der Waals surface area contributed by atoms with Crippen LogP contribution in [0.1, 0.15) is 104 Å². The molecule has 17 nitrogen and oxygen atoms in total. The van der Waals surface area contributed by atoms with Crippen LogP contribution in [0, 0.1) is 5.92 Å². The first-order valence-electron chi connectivity index (χ1n) is 22.4. The lowest BCUT2D eigenvalue weighted by Gasteiger charge is -2.42. The summed E-state index contributed by atoms with van der Waals surface area (Å²) < 4.78 is 62.1. The number of imidazole rings is 1. The highest BCUT2D eigenvalue weighted by atomic mass is 19.3. The lowest BCUT2D eigenvalue weighted by atomic mass is 9.76. The fourth-order valence-electron chi connectivity index (χ4n) is 10.5. The number of ether oxygens (including phenoxy) is 2. The number of imide groups is 1. The molecular weight excluding hydrogens is 836 g/mol. The average molecular weight is 888 g/mol. The number of aromatic nitrogens is 7. The quantitative estimate of drug-likeness (QED) is 0.176. The first kappa shape index (κ1) is 42.4. The largest absolute Gasteiger partial charge is 0.378 e. The molecule has 340 valence electrons. The van der Waals surface area contributed by atoms with Gasteiger partial charge in [0.05, 0.1) is 54.4 Å². The van der Waals surface area contributed by atoms with Crippen LogP contribution in [-0.2, 0) is 26.1 Å². The molecule has 5 fully saturated rings. The average Bonchev–Trinajstić information content (AvgIpc) is 3.97. The number of hydrogen-bond acceptors (Lipinski definition) is 11. The Kier molecular flexibility index (Phi) is 11.5. The number of hydrogen-bond donors (Lipinski definition) is 2. The van der Waals surface area contributed by atoms with Crippen molar-refractivity contribution in [3.63, 3.8) is 0 Å². The lowest BCUT2D eigenvalue weighted by Crippen LogP contribution is -2.49. The van der Waals surface area contributed by atoms with Crippen LogP contribution in [0.5, 0.6) is 0 Å². The first-order chi connectivity index (χ1) is 31.0. The summed E-state index contributed by atoms with van der Waals surface area (Å²) in [5.41, 5.74) is 2.05. The van der Waals surface area contributed by atoms with Gasteiger partial charge in [-0.15, -0.1) is 0 Å². The van der Waals surface area contributed by atoms with Gasteiger partial charge in [-0.1, -0.05) is 12.1 Å². The van der Waals surface area contributed by atoms with Crippen molar-refractivity contribution in [1.82, 2.24) is 43.7 Å². The fraction of sp³-hybridized carbons (Fsp3) is 0.568. The van der Waals surface area contributed by atoms with E-state index in [-0.39, 0.29) is 60.3 Å². The van der Waals surface area contributed by atoms with E-state index in [2.05, 4.69) is 35.6 Å². The number of anilines is 2. The number of carbonyl (C=O) groups is 3. The van der Waals surface area contributed by atoms with Crippen molar-refractivity contribution in [2.75, 3.05) is 56.2 Å². The SMILES string of the molecule is Cn1c(=O)n(C2CCC(=O)NC2=O)c2cccc(C3CC(O[C@@H]4CCN(CC5CCC(n6cc(NC(=O)c7cnn8ccc(N9CCOCC9)nc78)c(C(F)F)n6)CC5)C[C@H]4F)C3)c21. The Labute approximate surface area is 365 Å². The van der Waals surface area contributed by atoms with Crippen molar-refractivity contribution in [1.29, 1.82) is 0 Å². The van der Waals surface area contributed by atoms with E-state index in [0.29, 0.717) is 75.0 Å². The normalized spacial score (nSPS) is 27.0. The number of piperidine rings is 2. The Bertz CT molecular complexity index is 2620. The van der Waals surface area contributed by atoms with Crippen molar-refractivity contribution in [2.24, 2.45) is 13.0 Å². The van der Waals surface area contributed by atoms with Gasteiger partial charge in [-0.2, -0.15) is 10.2 Å². The number of halogens is 3. The molecule has 3 amide bonds. The Morgan fingerprint density at radius 3 is 2.58 bits per heavy atom. The summed E-state index contributed by atoms with van der Waals surface area (Å²) in [5, 5.41) is 13.5. The zero-order valence-electron chi connectivity index (χ0n) is 35.6. The maximum Gasteiger partial charge on any atom is 0.329 e. The van der Waals surface area contributed by atoms with Gasteiger partial charge in [0.25, 0.3) is 12.3 Å². The number of rotatable bonds is 11. The minimum Gasteiger partial charge on any atom is -0.378 e. The van der Waals surface area contributed by atoms with E-state index in [1.165, 1.54) is 21.5 Å². The predicted molar refractivity (Wildman–Crippen MR) is 227 cm³/mol. The van der Waals surface area contributed by atoms with Crippen LogP contribution in [0.15, 0.2) is 47.7 Å². The molecule has 2 saturated carbocycles. The molecule has 0 radical (unpaired) electrons. The number of fused-ring (bicyclic) bond motifs is 2. The van der Waals surface area contributed by atoms with Crippen molar-refractivity contribution < 1.29 is 37.0 Å². The first-order valence-corrected chi connectivity index (χ1v) is 22.4. The molecule has 3 aliphatic heterocycles. The van der Waals surface area contributed by atoms with E-state index >= 15 is 4.39 Å². The second-order valence-corrected chi connectivity index (χ2v) is 18.0. The van der Waals surface area contributed by atoms with E-state index in [1.807, 2.05) is 24.3 Å². The van der Waals surface area contributed by atoms with E-state index in [0.717, 1.165) is 43.3 Å². The van der Waals surface area contributed by atoms with Gasteiger partial charge in [-0.3, -0.25) is 38.4 Å². The molecule has 0 spiro atoms. The van der Waals surface area contributed by atoms with Gasteiger partial charge in [0.2, 0.25) is 11.8 Å². The van der Waals surface area contributed by atoms with Crippen LogP contribution in [-0.4, -0.2) is 120 Å². The van der Waals surface area contributed by atoms with E-state index in [9.17, 15) is 28.0 Å². The second-order valence-electron chi connectivity index (χ2n) is 18.0. The summed E-state index contributed by atoms with van der Waals surface area (Å²) in [6, 6.07) is 6.66. The Morgan fingerprint density at radius 1 is 1.03 bits per heavy atom. The number of nitrogens with zero attached hydrogens (tertiary/aromatic N) is 9. The molecule has 7 heterocycles. The monoisotopic (exact) mass is 887 g/mol. The molecule has 10 rings (SSSR count). The van der Waals surface area contributed by atoms with E-state index < -0.39 is 42.3 Å². The number of alkyl halides is 3. The number of likely N-dealkylation sites (tertiary alicyclic amines) is 1. The van der Waals surface area contributed by atoms with Crippen LogP contribution in [0.4, 0.5) is 24.7 Å². The maximum atomic E-state index is 15.7. The minimum atomic E-state index is -2.90. The van der Waals surface area contributed by atoms with Gasteiger partial charge >= 0.3 is 5.69 Å². The molecule has 2 aliphatic carbocycles. The van der Waals surface area contributed by atoms with E-state index in [4.69, 9.17) is 9.47 Å². The number of morpholine rings is 1. The van der Waals surface area contributed by atoms with Crippen LogP contribution in [0.25, 0.3) is 16.7 Å². The topological polar surface area (TPSA) is 175 Å². The van der Waals surface area contributed by atoms with Gasteiger partial charge < -0.3 is 19.7 Å². The van der Waals surface area contributed by atoms with Crippen molar-refractivity contribution in [2.45, 2.75) is 101 Å². The van der Waals surface area contributed by atoms with Gasteiger partial charge in [-0.25, -0.2) is 27.5 Å². The number of aryl methyl sites for hydroxylation is 1. The molecule has 64 heavy (non-hydrogen) atoms. The standard InChI is InChI=1S/C44H52F3N11O6/c1-53-39-29(3-2-4-33(39)58(44(53)62)34-9-10-37(59)51-43(34)61)26-19-28(20-26)64-35-11-13-54(23-31(35)45)22-25-5-7-27(8-6-25)57-24-32(38(52-57)40(46)47)49-42(60)30-21-48-56-14-12-36(50-41(30)56)55-15-17-63-18-16-55/h2-4,12,14,21,24-28,31,34-35,40H,5-11,13,15-20,22-23H2,1H3,(H,49,60)(H,51,59,61)/t25?,26?,27?,28?,31-,34?,35-/m1/s1. The number of para-hydroxylation sites is 1. The fourth-order valence-corrected chi connectivity index (χ4v) is 10.5. The minimum absolute atomic E-state index is 0.0478.